The maximum absolute atomic E-state index is 12.8. The molecular formula is C18H23N3O7. The zero-order valence-corrected chi connectivity index (χ0v) is 15.8. The first-order valence-corrected chi connectivity index (χ1v) is 9.14. The minimum Gasteiger partial charge on any atom is -0.451 e. The lowest BCUT2D eigenvalue weighted by Gasteiger charge is -2.41. The summed E-state index contributed by atoms with van der Waals surface area (Å²) in [7, 11) is 0. The lowest BCUT2D eigenvalue weighted by molar-refractivity contribution is -0.155. The minimum atomic E-state index is -0.612. The fourth-order valence-corrected chi connectivity index (χ4v) is 3.07. The molecule has 1 fully saturated rings. The van der Waals surface area contributed by atoms with Crippen molar-refractivity contribution in [2.45, 2.75) is 32.9 Å². The topological polar surface area (TPSA) is 116 Å². The van der Waals surface area contributed by atoms with Gasteiger partial charge in [0, 0.05) is 31.6 Å². The summed E-state index contributed by atoms with van der Waals surface area (Å²) in [6.45, 7) is 3.90. The predicted octanol–water partition coefficient (Wildman–Crippen LogP) is 0.0887. The first-order valence-electron chi connectivity index (χ1n) is 9.14. The number of hydrogen-bond acceptors (Lipinski definition) is 8. The number of carbonyl (C=O) groups is 3. The molecule has 1 unspecified atom stereocenters. The SMILES string of the molecule is CCC(=O)C[C@@H](C)C(=O)OCOc1c2n(ccc1=O)NC1COCCN1C2=O. The summed E-state index contributed by atoms with van der Waals surface area (Å²) in [5, 5.41) is 0. The Labute approximate surface area is 161 Å². The summed E-state index contributed by atoms with van der Waals surface area (Å²) in [6.07, 6.45) is 1.54. The summed E-state index contributed by atoms with van der Waals surface area (Å²) in [5.74, 6) is -1.83. The number of morpholine rings is 1. The van der Waals surface area contributed by atoms with Crippen molar-refractivity contribution in [3.05, 3.63) is 28.2 Å². The standard InChI is InChI=1S/C18H23N3O7/c1-3-12(22)8-11(2)18(25)28-10-27-16-13(23)4-5-21-15(16)17(24)20-6-7-26-9-14(20)19-21/h4-5,11,14,19H,3,6-10H2,1-2H3/t11-,14?/m1/s1. The second-order valence-corrected chi connectivity index (χ2v) is 6.67. The van der Waals surface area contributed by atoms with Crippen LogP contribution in [0, 0.1) is 5.92 Å². The Morgan fingerprint density at radius 1 is 1.39 bits per heavy atom. The molecule has 2 aliphatic heterocycles. The summed E-state index contributed by atoms with van der Waals surface area (Å²) in [5.41, 5.74) is 2.61. The molecule has 1 saturated heterocycles. The second-order valence-electron chi connectivity index (χ2n) is 6.67. The van der Waals surface area contributed by atoms with Gasteiger partial charge >= 0.3 is 5.97 Å². The maximum Gasteiger partial charge on any atom is 0.311 e. The molecule has 1 amide bonds. The molecular weight excluding hydrogens is 370 g/mol. The lowest BCUT2D eigenvalue weighted by Crippen LogP contribution is -2.59. The smallest absolute Gasteiger partial charge is 0.311 e. The van der Waals surface area contributed by atoms with Crippen LogP contribution in [0.25, 0.3) is 0 Å². The number of esters is 1. The van der Waals surface area contributed by atoms with Crippen molar-refractivity contribution in [2.75, 3.05) is 32.0 Å². The van der Waals surface area contributed by atoms with Gasteiger partial charge in [-0.15, -0.1) is 0 Å². The number of ether oxygens (including phenoxy) is 3. The van der Waals surface area contributed by atoms with Crippen molar-refractivity contribution in [1.82, 2.24) is 9.58 Å². The van der Waals surface area contributed by atoms with Crippen molar-refractivity contribution in [3.8, 4) is 5.75 Å². The molecule has 1 aromatic rings. The quantitative estimate of drug-likeness (QED) is 0.512. The molecule has 3 heterocycles. The Kier molecular flexibility index (Phi) is 5.98. The van der Waals surface area contributed by atoms with Crippen LogP contribution in [0.5, 0.6) is 5.75 Å². The Morgan fingerprint density at radius 2 is 2.18 bits per heavy atom. The van der Waals surface area contributed by atoms with E-state index < -0.39 is 24.1 Å². The number of rotatable bonds is 7. The highest BCUT2D eigenvalue weighted by atomic mass is 16.7. The molecule has 0 radical (unpaired) electrons. The van der Waals surface area contributed by atoms with Gasteiger partial charge in [-0.25, -0.2) is 0 Å². The first-order chi connectivity index (χ1) is 13.4. The van der Waals surface area contributed by atoms with Crippen LogP contribution in [0.15, 0.2) is 17.1 Å². The van der Waals surface area contributed by atoms with Crippen LogP contribution in [0.4, 0.5) is 0 Å². The molecule has 152 valence electrons. The molecule has 10 heteroatoms. The van der Waals surface area contributed by atoms with Crippen molar-refractivity contribution in [1.29, 1.82) is 0 Å². The van der Waals surface area contributed by atoms with Crippen molar-refractivity contribution < 1.29 is 28.6 Å². The van der Waals surface area contributed by atoms with E-state index in [1.54, 1.807) is 18.7 Å². The minimum absolute atomic E-state index is 0.0379. The Morgan fingerprint density at radius 3 is 2.93 bits per heavy atom. The zero-order chi connectivity index (χ0) is 20.3. The van der Waals surface area contributed by atoms with Crippen LogP contribution in [-0.2, 0) is 19.1 Å². The van der Waals surface area contributed by atoms with E-state index in [1.165, 1.54) is 16.9 Å². The number of ketones is 1. The second kappa shape index (κ2) is 8.42. The van der Waals surface area contributed by atoms with Crippen LogP contribution in [0.2, 0.25) is 0 Å². The molecule has 1 aromatic heterocycles. The number of carbonyl (C=O) groups excluding carboxylic acids is 3. The van der Waals surface area contributed by atoms with E-state index >= 15 is 0 Å². The van der Waals surface area contributed by atoms with E-state index in [0.717, 1.165) is 0 Å². The van der Waals surface area contributed by atoms with Crippen LogP contribution >= 0.6 is 0 Å². The average Bonchev–Trinajstić information content (AvgIpc) is 2.69. The van der Waals surface area contributed by atoms with E-state index in [9.17, 15) is 19.2 Å². The van der Waals surface area contributed by atoms with Crippen LogP contribution in [-0.4, -0.2) is 60.0 Å². The largest absolute Gasteiger partial charge is 0.451 e. The lowest BCUT2D eigenvalue weighted by atomic mass is 10.0. The van der Waals surface area contributed by atoms with Gasteiger partial charge in [0.25, 0.3) is 5.91 Å². The fraction of sp³-hybridized carbons (Fsp3) is 0.556. The van der Waals surface area contributed by atoms with Crippen molar-refractivity contribution >= 4 is 17.7 Å². The highest BCUT2D eigenvalue weighted by Crippen LogP contribution is 2.22. The number of amides is 1. The summed E-state index contributed by atoms with van der Waals surface area (Å²) in [6, 6.07) is 1.25. The molecule has 10 nitrogen and oxygen atoms in total. The number of fused-ring (bicyclic) bond motifs is 2. The highest BCUT2D eigenvalue weighted by Gasteiger charge is 2.37. The molecule has 2 aliphatic rings. The molecule has 2 atom stereocenters. The van der Waals surface area contributed by atoms with E-state index in [-0.39, 0.29) is 35.7 Å². The maximum atomic E-state index is 12.8. The van der Waals surface area contributed by atoms with Gasteiger partial charge in [0.1, 0.15) is 11.9 Å². The molecule has 0 aliphatic carbocycles. The summed E-state index contributed by atoms with van der Waals surface area (Å²) >= 11 is 0. The number of pyridine rings is 1. The Balaban J connectivity index is 1.70. The van der Waals surface area contributed by atoms with Crippen LogP contribution in [0.3, 0.4) is 0 Å². The molecule has 0 saturated carbocycles. The van der Waals surface area contributed by atoms with Gasteiger partial charge < -0.3 is 24.5 Å². The number of Topliss-reactive ketones (excluding diaryl/α,β-unsaturated/α-hetero) is 1. The van der Waals surface area contributed by atoms with Gasteiger partial charge in [0.15, 0.2) is 5.69 Å². The molecule has 28 heavy (non-hydrogen) atoms. The monoisotopic (exact) mass is 393 g/mol. The Bertz CT molecular complexity index is 835. The highest BCUT2D eigenvalue weighted by molar-refractivity contribution is 5.96. The third-order valence-electron chi connectivity index (χ3n) is 4.67. The number of nitrogens with zero attached hydrogens (tertiary/aromatic N) is 2. The average molecular weight is 393 g/mol. The third-order valence-corrected chi connectivity index (χ3v) is 4.67. The van der Waals surface area contributed by atoms with E-state index in [4.69, 9.17) is 14.2 Å². The Hall–Kier alpha value is -2.88. The van der Waals surface area contributed by atoms with E-state index in [1.807, 2.05) is 0 Å². The normalized spacial score (nSPS) is 19.1. The number of nitrogens with one attached hydrogen (secondary N) is 1. The molecule has 3 rings (SSSR count). The molecule has 0 spiro atoms. The van der Waals surface area contributed by atoms with Crippen LogP contribution in [0.1, 0.15) is 37.2 Å². The molecule has 0 bridgehead atoms. The van der Waals surface area contributed by atoms with E-state index in [2.05, 4.69) is 5.43 Å². The van der Waals surface area contributed by atoms with Crippen LogP contribution < -0.4 is 15.6 Å². The number of aromatic nitrogens is 1. The van der Waals surface area contributed by atoms with Gasteiger partial charge in [-0.05, 0) is 0 Å². The first kappa shape index (κ1) is 19.9. The van der Waals surface area contributed by atoms with Gasteiger partial charge in [-0.2, -0.15) is 0 Å². The summed E-state index contributed by atoms with van der Waals surface area (Å²) < 4.78 is 17.1. The molecule has 1 N–H and O–H groups in total. The van der Waals surface area contributed by atoms with Gasteiger partial charge in [-0.3, -0.25) is 23.9 Å². The third kappa shape index (κ3) is 4.01. The summed E-state index contributed by atoms with van der Waals surface area (Å²) in [4.78, 5) is 50.0. The molecule has 0 aromatic carbocycles. The van der Waals surface area contributed by atoms with Crippen molar-refractivity contribution in [2.24, 2.45) is 5.92 Å². The van der Waals surface area contributed by atoms with Gasteiger partial charge in [-0.1, -0.05) is 13.8 Å². The number of hydrogen-bond donors (Lipinski definition) is 1. The van der Waals surface area contributed by atoms with Gasteiger partial charge in [0.05, 0.1) is 19.1 Å². The predicted molar refractivity (Wildman–Crippen MR) is 96.4 cm³/mol. The van der Waals surface area contributed by atoms with Gasteiger partial charge in [0.2, 0.25) is 18.0 Å². The fourth-order valence-electron chi connectivity index (χ4n) is 3.07. The zero-order valence-electron chi connectivity index (χ0n) is 15.8. The van der Waals surface area contributed by atoms with Crippen molar-refractivity contribution in [3.63, 3.8) is 0 Å². The van der Waals surface area contributed by atoms with E-state index in [0.29, 0.717) is 26.2 Å².